The van der Waals surface area contributed by atoms with Gasteiger partial charge in [-0.15, -0.1) is 0 Å². The van der Waals surface area contributed by atoms with Crippen molar-refractivity contribution in [2.24, 2.45) is 17.6 Å². The van der Waals surface area contributed by atoms with Gasteiger partial charge in [-0.3, -0.25) is 9.59 Å². The summed E-state index contributed by atoms with van der Waals surface area (Å²) in [6.45, 7) is 5.89. The number of anilines is 1. The molecule has 2 amide bonds. The summed E-state index contributed by atoms with van der Waals surface area (Å²) in [6, 6.07) is 6.58. The van der Waals surface area contributed by atoms with E-state index in [1.807, 2.05) is 26.0 Å². The lowest BCUT2D eigenvalue weighted by Crippen LogP contribution is -2.46. The topological polar surface area (TPSA) is 103 Å². The standard InChI is InChI=1S/C19H29N3O4/c1-13(2)18(20)19(24)21-11-17(23)22-15-3-5-16(6-4-15)26-12-14-7-9-25-10-8-14/h3-6,13-14,18H,7-12,20H2,1-2H3,(H,21,24)(H,22,23)/t18-/m0/s1. The molecule has 1 aromatic rings. The van der Waals surface area contributed by atoms with Crippen LogP contribution >= 0.6 is 0 Å². The van der Waals surface area contributed by atoms with Gasteiger partial charge in [0.25, 0.3) is 0 Å². The largest absolute Gasteiger partial charge is 0.493 e. The van der Waals surface area contributed by atoms with E-state index < -0.39 is 6.04 Å². The molecule has 4 N–H and O–H groups in total. The number of ether oxygens (including phenoxy) is 2. The first-order valence-electron chi connectivity index (χ1n) is 9.09. The zero-order valence-electron chi connectivity index (χ0n) is 15.5. The van der Waals surface area contributed by atoms with Crippen molar-refractivity contribution < 1.29 is 19.1 Å². The number of carbonyl (C=O) groups is 2. The average molecular weight is 363 g/mol. The van der Waals surface area contributed by atoms with Crippen LogP contribution < -0.4 is 21.1 Å². The molecule has 1 aliphatic rings. The zero-order valence-corrected chi connectivity index (χ0v) is 15.5. The molecule has 0 saturated carbocycles. The maximum absolute atomic E-state index is 11.9. The summed E-state index contributed by atoms with van der Waals surface area (Å²) >= 11 is 0. The second-order valence-corrected chi connectivity index (χ2v) is 6.93. The minimum atomic E-state index is -0.616. The van der Waals surface area contributed by atoms with Gasteiger partial charge in [-0.05, 0) is 48.9 Å². The summed E-state index contributed by atoms with van der Waals surface area (Å²) in [5.74, 6) is 0.693. The average Bonchev–Trinajstić information content (AvgIpc) is 2.65. The lowest BCUT2D eigenvalue weighted by molar-refractivity contribution is -0.125. The normalized spacial score (nSPS) is 16.2. The summed E-state index contributed by atoms with van der Waals surface area (Å²) in [5, 5.41) is 5.27. The predicted octanol–water partition coefficient (Wildman–Crippen LogP) is 1.53. The van der Waals surface area contributed by atoms with Gasteiger partial charge in [0.05, 0.1) is 19.2 Å². The van der Waals surface area contributed by atoms with Crippen molar-refractivity contribution in [2.45, 2.75) is 32.7 Å². The van der Waals surface area contributed by atoms with Crippen LogP contribution in [0.5, 0.6) is 5.75 Å². The Hall–Kier alpha value is -2.12. The van der Waals surface area contributed by atoms with Gasteiger partial charge in [-0.25, -0.2) is 0 Å². The molecule has 1 aliphatic heterocycles. The van der Waals surface area contributed by atoms with Crippen LogP contribution in [0.1, 0.15) is 26.7 Å². The molecule has 1 fully saturated rings. The maximum atomic E-state index is 11.9. The molecular weight excluding hydrogens is 334 g/mol. The van der Waals surface area contributed by atoms with Crippen LogP contribution in [-0.2, 0) is 14.3 Å². The second kappa shape index (κ2) is 10.1. The molecule has 0 aliphatic carbocycles. The molecule has 1 saturated heterocycles. The van der Waals surface area contributed by atoms with Crippen molar-refractivity contribution in [3.63, 3.8) is 0 Å². The lowest BCUT2D eigenvalue weighted by atomic mass is 10.0. The SMILES string of the molecule is CC(C)[C@H](N)C(=O)NCC(=O)Nc1ccc(OCC2CCOCC2)cc1. The first-order chi connectivity index (χ1) is 12.5. The Balaban J connectivity index is 1.72. The fraction of sp³-hybridized carbons (Fsp3) is 0.579. The number of hydrogen-bond donors (Lipinski definition) is 3. The van der Waals surface area contributed by atoms with Crippen molar-refractivity contribution in [2.75, 3.05) is 31.7 Å². The number of nitrogens with two attached hydrogens (primary N) is 1. The van der Waals surface area contributed by atoms with Crippen molar-refractivity contribution in [3.05, 3.63) is 24.3 Å². The molecule has 1 aromatic carbocycles. The molecule has 26 heavy (non-hydrogen) atoms. The van der Waals surface area contributed by atoms with E-state index >= 15 is 0 Å². The van der Waals surface area contributed by atoms with E-state index in [4.69, 9.17) is 15.2 Å². The van der Waals surface area contributed by atoms with E-state index in [2.05, 4.69) is 10.6 Å². The minimum Gasteiger partial charge on any atom is -0.493 e. The van der Waals surface area contributed by atoms with E-state index in [0.717, 1.165) is 31.8 Å². The van der Waals surface area contributed by atoms with Crippen LogP contribution in [0, 0.1) is 11.8 Å². The molecule has 7 nitrogen and oxygen atoms in total. The third-order valence-electron chi connectivity index (χ3n) is 4.41. The molecule has 144 valence electrons. The van der Waals surface area contributed by atoms with Gasteiger partial charge in [0.1, 0.15) is 5.75 Å². The summed E-state index contributed by atoms with van der Waals surface area (Å²) in [6.07, 6.45) is 2.06. The number of benzene rings is 1. The highest BCUT2D eigenvalue weighted by Gasteiger charge is 2.17. The van der Waals surface area contributed by atoms with Gasteiger partial charge in [-0.2, -0.15) is 0 Å². The minimum absolute atomic E-state index is 0.0201. The number of nitrogens with one attached hydrogen (secondary N) is 2. The molecule has 0 aromatic heterocycles. The van der Waals surface area contributed by atoms with Crippen molar-refractivity contribution >= 4 is 17.5 Å². The molecule has 0 bridgehead atoms. The molecule has 7 heteroatoms. The quantitative estimate of drug-likeness (QED) is 0.650. The summed E-state index contributed by atoms with van der Waals surface area (Å²) in [5.41, 5.74) is 6.38. The number of amides is 2. The molecular formula is C19H29N3O4. The van der Waals surface area contributed by atoms with Gasteiger partial charge in [0, 0.05) is 18.9 Å². The van der Waals surface area contributed by atoms with Gasteiger partial charge < -0.3 is 25.8 Å². The maximum Gasteiger partial charge on any atom is 0.243 e. The zero-order chi connectivity index (χ0) is 18.9. The fourth-order valence-electron chi connectivity index (χ4n) is 2.55. The Bertz CT molecular complexity index is 583. The molecule has 1 heterocycles. The Morgan fingerprint density at radius 3 is 2.50 bits per heavy atom. The highest BCUT2D eigenvalue weighted by atomic mass is 16.5. The van der Waals surface area contributed by atoms with Crippen molar-refractivity contribution in [1.82, 2.24) is 5.32 Å². The Morgan fingerprint density at radius 2 is 1.88 bits per heavy atom. The first kappa shape index (κ1) is 20.2. The van der Waals surface area contributed by atoms with Gasteiger partial charge >= 0.3 is 0 Å². The van der Waals surface area contributed by atoms with E-state index in [-0.39, 0.29) is 24.3 Å². The van der Waals surface area contributed by atoms with E-state index in [9.17, 15) is 9.59 Å². The van der Waals surface area contributed by atoms with Gasteiger partial charge in [-0.1, -0.05) is 13.8 Å². The Kier molecular flexibility index (Phi) is 7.87. The molecule has 0 radical (unpaired) electrons. The van der Waals surface area contributed by atoms with Crippen LogP contribution in [0.4, 0.5) is 5.69 Å². The summed E-state index contributed by atoms with van der Waals surface area (Å²) in [7, 11) is 0. The third-order valence-corrected chi connectivity index (χ3v) is 4.41. The van der Waals surface area contributed by atoms with Crippen molar-refractivity contribution in [3.8, 4) is 5.75 Å². The Labute approximate surface area is 154 Å². The third kappa shape index (κ3) is 6.65. The highest BCUT2D eigenvalue weighted by molar-refractivity contribution is 5.95. The fourth-order valence-corrected chi connectivity index (χ4v) is 2.55. The first-order valence-corrected chi connectivity index (χ1v) is 9.09. The van der Waals surface area contributed by atoms with E-state index in [1.54, 1.807) is 12.1 Å². The van der Waals surface area contributed by atoms with Crippen LogP contribution in [0.3, 0.4) is 0 Å². The highest BCUT2D eigenvalue weighted by Crippen LogP contribution is 2.19. The summed E-state index contributed by atoms with van der Waals surface area (Å²) < 4.78 is 11.1. The van der Waals surface area contributed by atoms with Crippen LogP contribution in [-0.4, -0.2) is 44.2 Å². The Morgan fingerprint density at radius 1 is 1.23 bits per heavy atom. The molecule has 0 spiro atoms. The second-order valence-electron chi connectivity index (χ2n) is 6.93. The molecule has 1 atom stereocenters. The number of hydrogen-bond acceptors (Lipinski definition) is 5. The van der Waals surface area contributed by atoms with Crippen molar-refractivity contribution in [1.29, 1.82) is 0 Å². The predicted molar refractivity (Wildman–Crippen MR) is 99.9 cm³/mol. The smallest absolute Gasteiger partial charge is 0.243 e. The number of carbonyl (C=O) groups excluding carboxylic acids is 2. The van der Waals surface area contributed by atoms with Crippen LogP contribution in [0.25, 0.3) is 0 Å². The van der Waals surface area contributed by atoms with Crippen LogP contribution in [0.2, 0.25) is 0 Å². The van der Waals surface area contributed by atoms with E-state index in [0.29, 0.717) is 18.2 Å². The monoisotopic (exact) mass is 363 g/mol. The van der Waals surface area contributed by atoms with Gasteiger partial charge in [0.2, 0.25) is 11.8 Å². The van der Waals surface area contributed by atoms with Crippen LogP contribution in [0.15, 0.2) is 24.3 Å². The number of rotatable bonds is 8. The molecule has 0 unspecified atom stereocenters. The van der Waals surface area contributed by atoms with Gasteiger partial charge in [0.15, 0.2) is 0 Å². The van der Waals surface area contributed by atoms with E-state index in [1.165, 1.54) is 0 Å². The summed E-state index contributed by atoms with van der Waals surface area (Å²) in [4.78, 5) is 23.7. The molecule has 2 rings (SSSR count). The lowest BCUT2D eigenvalue weighted by Gasteiger charge is -2.22.